The molecule has 1 aromatic rings. The number of aliphatic hydroxyl groups is 1. The van der Waals surface area contributed by atoms with Gasteiger partial charge in [-0.2, -0.15) is 5.10 Å². The third-order valence-corrected chi connectivity index (χ3v) is 4.62. The predicted octanol–water partition coefficient (Wildman–Crippen LogP) is 2.60. The predicted molar refractivity (Wildman–Crippen MR) is 79.3 cm³/mol. The molecule has 1 heterocycles. The van der Waals surface area contributed by atoms with Crippen molar-refractivity contribution in [1.82, 2.24) is 14.8 Å². The van der Waals surface area contributed by atoms with Gasteiger partial charge in [0.05, 0.1) is 5.38 Å². The zero-order chi connectivity index (χ0) is 15.7. The highest BCUT2D eigenvalue weighted by Gasteiger charge is 2.48. The lowest BCUT2D eigenvalue weighted by molar-refractivity contribution is -0.133. The standard InChI is InChI=1S/C12H18Cl3N3O2/c1-7(13)12(14,15)10(20)8(9(19)11(2,3)4)18-6-16-5-17-18/h5-8,10,20H,1-4H3. The molecule has 0 aliphatic carbocycles. The largest absolute Gasteiger partial charge is 0.387 e. The van der Waals surface area contributed by atoms with E-state index in [1.807, 2.05) is 0 Å². The third kappa shape index (κ3) is 3.64. The molecule has 0 aliphatic heterocycles. The molecular weight excluding hydrogens is 325 g/mol. The topological polar surface area (TPSA) is 68.0 Å². The van der Waals surface area contributed by atoms with E-state index in [1.54, 1.807) is 27.7 Å². The van der Waals surface area contributed by atoms with Gasteiger partial charge in [-0.3, -0.25) is 4.79 Å². The quantitative estimate of drug-likeness (QED) is 0.835. The Morgan fingerprint density at radius 1 is 1.35 bits per heavy atom. The monoisotopic (exact) mass is 341 g/mol. The van der Waals surface area contributed by atoms with E-state index >= 15 is 0 Å². The lowest BCUT2D eigenvalue weighted by Crippen LogP contribution is -2.49. The first kappa shape index (κ1) is 17.7. The summed E-state index contributed by atoms with van der Waals surface area (Å²) in [6.45, 7) is 6.76. The number of Topliss-reactive ketones (excluding diaryl/α,β-unsaturated/α-hetero) is 1. The smallest absolute Gasteiger partial charge is 0.165 e. The fraction of sp³-hybridized carbons (Fsp3) is 0.750. The van der Waals surface area contributed by atoms with Gasteiger partial charge in [-0.05, 0) is 6.92 Å². The van der Waals surface area contributed by atoms with Gasteiger partial charge >= 0.3 is 0 Å². The number of nitrogens with zero attached hydrogens (tertiary/aromatic N) is 3. The number of hydrogen-bond donors (Lipinski definition) is 1. The second-order valence-electron chi connectivity index (χ2n) is 5.67. The van der Waals surface area contributed by atoms with E-state index < -0.39 is 27.3 Å². The molecule has 114 valence electrons. The molecule has 0 radical (unpaired) electrons. The van der Waals surface area contributed by atoms with Crippen LogP contribution in [-0.4, -0.2) is 41.5 Å². The highest BCUT2D eigenvalue weighted by molar-refractivity contribution is 6.52. The fourth-order valence-electron chi connectivity index (χ4n) is 1.66. The van der Waals surface area contributed by atoms with E-state index in [1.165, 1.54) is 17.3 Å². The summed E-state index contributed by atoms with van der Waals surface area (Å²) in [6, 6.07) is -1.06. The number of halogens is 3. The van der Waals surface area contributed by atoms with E-state index in [9.17, 15) is 9.90 Å². The SMILES string of the molecule is CC(Cl)C(Cl)(Cl)C(O)C(C(=O)C(C)(C)C)n1cncn1. The van der Waals surface area contributed by atoms with Crippen LogP contribution in [-0.2, 0) is 4.79 Å². The summed E-state index contributed by atoms with van der Waals surface area (Å²) in [5.41, 5.74) is -0.711. The zero-order valence-electron chi connectivity index (χ0n) is 11.7. The summed E-state index contributed by atoms with van der Waals surface area (Å²) in [6.07, 6.45) is 1.18. The second-order valence-corrected chi connectivity index (χ2v) is 7.77. The van der Waals surface area contributed by atoms with Crippen molar-refractivity contribution < 1.29 is 9.90 Å². The van der Waals surface area contributed by atoms with Crippen LogP contribution in [0.2, 0.25) is 0 Å². The van der Waals surface area contributed by atoms with Crippen LogP contribution in [0, 0.1) is 5.41 Å². The van der Waals surface area contributed by atoms with E-state index in [2.05, 4.69) is 10.1 Å². The number of aliphatic hydroxyl groups excluding tert-OH is 1. The van der Waals surface area contributed by atoms with E-state index in [4.69, 9.17) is 34.8 Å². The number of alkyl halides is 3. The normalized spacial score (nSPS) is 17.6. The number of hydrogen-bond acceptors (Lipinski definition) is 4. The lowest BCUT2D eigenvalue weighted by Gasteiger charge is -2.35. The summed E-state index contributed by atoms with van der Waals surface area (Å²) >= 11 is 18.1. The molecule has 1 N–H and O–H groups in total. The molecule has 1 rings (SSSR count). The molecular formula is C12H18Cl3N3O2. The lowest BCUT2D eigenvalue weighted by atomic mass is 9.83. The molecule has 0 saturated heterocycles. The average molecular weight is 343 g/mol. The van der Waals surface area contributed by atoms with E-state index in [-0.39, 0.29) is 5.78 Å². The Kier molecular flexibility index (Phi) is 5.46. The third-order valence-electron chi connectivity index (χ3n) is 2.95. The minimum absolute atomic E-state index is 0.265. The Labute approximate surface area is 133 Å². The minimum Gasteiger partial charge on any atom is -0.387 e. The summed E-state index contributed by atoms with van der Waals surface area (Å²) < 4.78 is -0.448. The maximum absolute atomic E-state index is 12.6. The number of ketones is 1. The number of aromatic nitrogens is 3. The molecule has 0 aromatic carbocycles. The summed E-state index contributed by atoms with van der Waals surface area (Å²) in [5, 5.41) is 13.6. The Morgan fingerprint density at radius 3 is 2.25 bits per heavy atom. The van der Waals surface area contributed by atoms with Gasteiger partial charge in [0.25, 0.3) is 0 Å². The van der Waals surface area contributed by atoms with Gasteiger partial charge in [-0.1, -0.05) is 44.0 Å². The van der Waals surface area contributed by atoms with Crippen LogP contribution in [0.3, 0.4) is 0 Å². The molecule has 0 spiro atoms. The van der Waals surface area contributed by atoms with E-state index in [0.29, 0.717) is 0 Å². The molecule has 5 nitrogen and oxygen atoms in total. The van der Waals surface area contributed by atoms with Gasteiger partial charge in [0, 0.05) is 5.41 Å². The molecule has 3 unspecified atom stereocenters. The van der Waals surface area contributed by atoms with Gasteiger partial charge in [0.15, 0.2) is 10.1 Å². The van der Waals surface area contributed by atoms with Crippen molar-refractivity contribution in [2.45, 2.75) is 49.6 Å². The first-order valence-corrected chi connectivity index (χ1v) is 7.27. The number of carbonyl (C=O) groups is 1. The van der Waals surface area contributed by atoms with Crippen molar-refractivity contribution in [3.8, 4) is 0 Å². The van der Waals surface area contributed by atoms with Gasteiger partial charge in [0.1, 0.15) is 24.8 Å². The summed E-state index contributed by atoms with van der Waals surface area (Å²) in [5.74, 6) is -0.265. The fourth-order valence-corrected chi connectivity index (χ4v) is 2.03. The Hall–Kier alpha value is -0.360. The molecule has 20 heavy (non-hydrogen) atoms. The van der Waals surface area contributed by atoms with Crippen LogP contribution in [0.25, 0.3) is 0 Å². The summed E-state index contributed by atoms with van der Waals surface area (Å²) in [7, 11) is 0. The van der Waals surface area contributed by atoms with Crippen molar-refractivity contribution in [2.75, 3.05) is 0 Å². The van der Waals surface area contributed by atoms with Crippen LogP contribution in [0.15, 0.2) is 12.7 Å². The second kappa shape index (κ2) is 6.18. The first-order chi connectivity index (χ1) is 8.99. The van der Waals surface area contributed by atoms with Crippen molar-refractivity contribution in [3.05, 3.63) is 12.7 Å². The van der Waals surface area contributed by atoms with Crippen LogP contribution >= 0.6 is 34.8 Å². The number of rotatable bonds is 5. The molecule has 0 fully saturated rings. The minimum atomic E-state index is -1.70. The van der Waals surface area contributed by atoms with Gasteiger partial charge in [0.2, 0.25) is 0 Å². The maximum Gasteiger partial charge on any atom is 0.165 e. The highest BCUT2D eigenvalue weighted by atomic mass is 35.5. The zero-order valence-corrected chi connectivity index (χ0v) is 14.0. The van der Waals surface area contributed by atoms with Crippen molar-refractivity contribution in [3.63, 3.8) is 0 Å². The van der Waals surface area contributed by atoms with Crippen molar-refractivity contribution >= 4 is 40.6 Å². The molecule has 0 amide bonds. The van der Waals surface area contributed by atoms with Gasteiger partial charge in [-0.25, -0.2) is 9.67 Å². The van der Waals surface area contributed by atoms with Gasteiger partial charge in [-0.15, -0.1) is 11.6 Å². The molecule has 0 aliphatic rings. The van der Waals surface area contributed by atoms with E-state index in [0.717, 1.165) is 0 Å². The molecule has 0 saturated carbocycles. The van der Waals surface area contributed by atoms with Crippen LogP contribution in [0.4, 0.5) is 0 Å². The Balaban J connectivity index is 3.23. The summed E-state index contributed by atoms with van der Waals surface area (Å²) in [4.78, 5) is 16.4. The Bertz CT molecular complexity index is 455. The Morgan fingerprint density at radius 2 is 1.90 bits per heavy atom. The van der Waals surface area contributed by atoms with Crippen LogP contribution in [0.1, 0.15) is 33.7 Å². The molecule has 1 aromatic heterocycles. The average Bonchev–Trinajstić information content (AvgIpc) is 2.81. The van der Waals surface area contributed by atoms with Crippen LogP contribution < -0.4 is 0 Å². The maximum atomic E-state index is 12.6. The van der Waals surface area contributed by atoms with Crippen molar-refractivity contribution in [1.29, 1.82) is 0 Å². The molecule has 8 heteroatoms. The molecule has 0 bridgehead atoms. The molecule has 3 atom stereocenters. The first-order valence-electron chi connectivity index (χ1n) is 6.08. The number of carbonyl (C=O) groups excluding carboxylic acids is 1. The van der Waals surface area contributed by atoms with Gasteiger partial charge < -0.3 is 5.11 Å². The van der Waals surface area contributed by atoms with Crippen LogP contribution in [0.5, 0.6) is 0 Å². The highest BCUT2D eigenvalue weighted by Crippen LogP contribution is 2.39. The van der Waals surface area contributed by atoms with Crippen molar-refractivity contribution in [2.24, 2.45) is 5.41 Å².